The van der Waals surface area contributed by atoms with E-state index in [-0.39, 0.29) is 37.1 Å². The number of aromatic hydroxyl groups is 1. The van der Waals surface area contributed by atoms with Crippen LogP contribution >= 0.6 is 11.6 Å². The highest BCUT2D eigenvalue weighted by atomic mass is 35.5. The average Bonchev–Trinajstić information content (AvgIpc) is 2.67. The third kappa shape index (κ3) is 3.11. The number of phenols is 1. The van der Waals surface area contributed by atoms with Crippen LogP contribution in [0.1, 0.15) is 24.0 Å². The van der Waals surface area contributed by atoms with Crippen molar-refractivity contribution in [1.82, 2.24) is 9.80 Å². The number of phenolic OH excluding ortho intramolecular Hbond substituents is 1. The number of carbonyl (C=O) groups excluding carboxylic acids is 2. The zero-order valence-electron chi connectivity index (χ0n) is 11.5. The minimum atomic E-state index is -0.145. The van der Waals surface area contributed by atoms with Gasteiger partial charge in [0.2, 0.25) is 11.8 Å². The topological polar surface area (TPSA) is 60.9 Å². The summed E-state index contributed by atoms with van der Waals surface area (Å²) in [5, 5.41) is 10.6. The van der Waals surface area contributed by atoms with E-state index in [4.69, 9.17) is 11.6 Å². The van der Waals surface area contributed by atoms with Gasteiger partial charge in [0.15, 0.2) is 0 Å². The number of hydrogen-bond acceptors (Lipinski definition) is 4. The Labute approximate surface area is 122 Å². The lowest BCUT2D eigenvalue weighted by Crippen LogP contribution is -2.38. The fourth-order valence-electron chi connectivity index (χ4n) is 2.29. The lowest BCUT2D eigenvalue weighted by atomic mass is 10.1. The Morgan fingerprint density at radius 2 is 1.90 bits per heavy atom. The molecule has 0 atom stereocenters. The summed E-state index contributed by atoms with van der Waals surface area (Å²) in [5.74, 6) is -0.0954. The molecule has 1 aromatic rings. The van der Waals surface area contributed by atoms with Crippen molar-refractivity contribution in [2.45, 2.75) is 26.3 Å². The second-order valence-electron chi connectivity index (χ2n) is 5.10. The Bertz CT molecular complexity index is 544. The quantitative estimate of drug-likeness (QED) is 0.862. The third-order valence-corrected chi connectivity index (χ3v) is 3.54. The van der Waals surface area contributed by atoms with Crippen LogP contribution in [0.4, 0.5) is 0 Å². The molecule has 1 heterocycles. The Hall–Kier alpha value is -1.59. The number of benzene rings is 1. The van der Waals surface area contributed by atoms with Crippen molar-refractivity contribution in [3.8, 4) is 5.75 Å². The van der Waals surface area contributed by atoms with E-state index in [1.807, 2.05) is 0 Å². The number of hydrogen-bond donors (Lipinski definition) is 1. The van der Waals surface area contributed by atoms with Crippen molar-refractivity contribution in [3.05, 3.63) is 28.3 Å². The maximum atomic E-state index is 11.6. The Kier molecular flexibility index (Phi) is 4.30. The molecule has 5 nitrogen and oxygen atoms in total. The van der Waals surface area contributed by atoms with E-state index >= 15 is 0 Å². The molecule has 2 rings (SSSR count). The fraction of sp³-hybridized carbons (Fsp3) is 0.429. The van der Waals surface area contributed by atoms with Gasteiger partial charge in [-0.15, -0.1) is 0 Å². The van der Waals surface area contributed by atoms with Gasteiger partial charge in [-0.3, -0.25) is 19.4 Å². The van der Waals surface area contributed by atoms with Crippen LogP contribution < -0.4 is 0 Å². The molecule has 108 valence electrons. The van der Waals surface area contributed by atoms with Crippen molar-refractivity contribution in [3.63, 3.8) is 0 Å². The van der Waals surface area contributed by atoms with E-state index < -0.39 is 0 Å². The summed E-state index contributed by atoms with van der Waals surface area (Å²) < 4.78 is 0. The van der Waals surface area contributed by atoms with Crippen molar-refractivity contribution in [2.75, 3.05) is 13.7 Å². The molecule has 0 unspecified atom stereocenters. The van der Waals surface area contributed by atoms with Crippen molar-refractivity contribution in [1.29, 1.82) is 0 Å². The van der Waals surface area contributed by atoms with Gasteiger partial charge in [0.25, 0.3) is 0 Å². The summed E-state index contributed by atoms with van der Waals surface area (Å²) in [4.78, 5) is 26.2. The molecule has 0 aliphatic carbocycles. The molecule has 20 heavy (non-hydrogen) atoms. The summed E-state index contributed by atoms with van der Waals surface area (Å²) in [6, 6.07) is 3.38. The first-order valence-corrected chi connectivity index (χ1v) is 6.76. The normalized spacial score (nSPS) is 15.5. The first kappa shape index (κ1) is 14.8. The zero-order chi connectivity index (χ0) is 14.9. The molecule has 2 amide bonds. The van der Waals surface area contributed by atoms with Crippen LogP contribution in [0.25, 0.3) is 0 Å². The second kappa shape index (κ2) is 5.81. The molecule has 1 aliphatic rings. The fourth-order valence-corrected chi connectivity index (χ4v) is 2.58. The molecule has 0 saturated carbocycles. The van der Waals surface area contributed by atoms with Crippen molar-refractivity contribution >= 4 is 23.4 Å². The minimum absolute atomic E-state index is 0.145. The Morgan fingerprint density at radius 1 is 1.30 bits per heavy atom. The van der Waals surface area contributed by atoms with Crippen LogP contribution in [0.3, 0.4) is 0 Å². The Balaban J connectivity index is 2.07. The van der Waals surface area contributed by atoms with Crippen LogP contribution in [0.15, 0.2) is 12.1 Å². The van der Waals surface area contributed by atoms with Crippen molar-refractivity contribution in [2.24, 2.45) is 0 Å². The summed E-state index contributed by atoms with van der Waals surface area (Å²) in [6.07, 6.45) is 0.572. The lowest BCUT2D eigenvalue weighted by Gasteiger charge is -2.23. The summed E-state index contributed by atoms with van der Waals surface area (Å²) in [6.45, 7) is 2.41. The van der Waals surface area contributed by atoms with E-state index in [9.17, 15) is 14.7 Å². The molecule has 1 fully saturated rings. The van der Waals surface area contributed by atoms with Crippen LogP contribution in [0.2, 0.25) is 5.02 Å². The third-order valence-electron chi connectivity index (χ3n) is 3.32. The standard InChI is InChI=1S/C14H17ClN2O3/c1-9-5-11(15)6-10(14(9)20)7-16(2)8-17-12(18)3-4-13(17)19/h5-6,20H,3-4,7-8H2,1-2H3. The molecule has 0 bridgehead atoms. The van der Waals surface area contributed by atoms with E-state index in [2.05, 4.69) is 0 Å². The largest absolute Gasteiger partial charge is 0.507 e. The number of carbonyl (C=O) groups is 2. The number of halogens is 1. The highest BCUT2D eigenvalue weighted by molar-refractivity contribution is 6.30. The smallest absolute Gasteiger partial charge is 0.230 e. The molecule has 1 saturated heterocycles. The second-order valence-corrected chi connectivity index (χ2v) is 5.54. The molecule has 1 aromatic carbocycles. The van der Waals surface area contributed by atoms with Gasteiger partial charge in [-0.1, -0.05) is 11.6 Å². The van der Waals surface area contributed by atoms with Gasteiger partial charge >= 0.3 is 0 Å². The maximum absolute atomic E-state index is 11.6. The zero-order valence-corrected chi connectivity index (χ0v) is 12.3. The predicted molar refractivity (Wildman–Crippen MR) is 75.3 cm³/mol. The highest BCUT2D eigenvalue weighted by Gasteiger charge is 2.29. The van der Waals surface area contributed by atoms with Crippen LogP contribution in [-0.4, -0.2) is 40.4 Å². The van der Waals surface area contributed by atoms with Gasteiger partial charge in [-0.25, -0.2) is 0 Å². The molecule has 0 spiro atoms. The van der Waals surface area contributed by atoms with Gasteiger partial charge in [-0.2, -0.15) is 0 Å². The lowest BCUT2D eigenvalue weighted by molar-refractivity contribution is -0.140. The maximum Gasteiger partial charge on any atom is 0.230 e. The van der Waals surface area contributed by atoms with E-state index in [1.165, 1.54) is 4.90 Å². The van der Waals surface area contributed by atoms with Crippen LogP contribution in [-0.2, 0) is 16.1 Å². The van der Waals surface area contributed by atoms with E-state index in [0.29, 0.717) is 22.7 Å². The van der Waals surface area contributed by atoms with E-state index in [1.54, 1.807) is 31.0 Å². The molecule has 0 aromatic heterocycles. The molecule has 1 N–H and O–H groups in total. The van der Waals surface area contributed by atoms with Gasteiger partial charge in [0.1, 0.15) is 5.75 Å². The SMILES string of the molecule is Cc1cc(Cl)cc(CN(C)CN2C(=O)CCC2=O)c1O. The molecular weight excluding hydrogens is 280 g/mol. The summed E-state index contributed by atoms with van der Waals surface area (Å²) in [5.41, 5.74) is 1.38. The Morgan fingerprint density at radius 3 is 2.50 bits per heavy atom. The van der Waals surface area contributed by atoms with E-state index in [0.717, 1.165) is 0 Å². The number of rotatable bonds is 4. The molecular formula is C14H17ClN2O3. The number of imide groups is 1. The average molecular weight is 297 g/mol. The van der Waals surface area contributed by atoms with Crippen molar-refractivity contribution < 1.29 is 14.7 Å². The van der Waals surface area contributed by atoms with Crippen LogP contribution in [0, 0.1) is 6.92 Å². The van der Waals surface area contributed by atoms with Gasteiger partial charge in [0, 0.05) is 30.0 Å². The van der Waals surface area contributed by atoms with Crippen LogP contribution in [0.5, 0.6) is 5.75 Å². The van der Waals surface area contributed by atoms with Gasteiger partial charge < -0.3 is 5.11 Å². The van der Waals surface area contributed by atoms with Gasteiger partial charge in [-0.05, 0) is 31.7 Å². The first-order valence-electron chi connectivity index (χ1n) is 6.38. The molecule has 6 heteroatoms. The minimum Gasteiger partial charge on any atom is -0.507 e. The number of likely N-dealkylation sites (tertiary alicyclic amines) is 1. The predicted octanol–water partition coefficient (Wildman–Crippen LogP) is 1.89. The van der Waals surface area contributed by atoms with Gasteiger partial charge in [0.05, 0.1) is 6.67 Å². The molecule has 0 radical (unpaired) electrons. The number of nitrogens with zero attached hydrogens (tertiary/aromatic N) is 2. The first-order chi connectivity index (χ1) is 9.38. The molecule has 1 aliphatic heterocycles. The summed E-state index contributed by atoms with van der Waals surface area (Å²) >= 11 is 5.97. The highest BCUT2D eigenvalue weighted by Crippen LogP contribution is 2.27. The monoisotopic (exact) mass is 296 g/mol. The number of amides is 2. The summed E-state index contributed by atoms with van der Waals surface area (Å²) in [7, 11) is 1.79. The number of aryl methyl sites for hydroxylation is 1.